The fourth-order valence-electron chi connectivity index (χ4n) is 3.16. The van der Waals surface area contributed by atoms with Gasteiger partial charge < -0.3 is 15.3 Å². The molecule has 1 saturated carbocycles. The van der Waals surface area contributed by atoms with Gasteiger partial charge in [0.15, 0.2) is 9.84 Å². The van der Waals surface area contributed by atoms with Gasteiger partial charge in [-0.2, -0.15) is 0 Å². The maximum atomic E-state index is 12.5. The van der Waals surface area contributed by atoms with Gasteiger partial charge in [0.1, 0.15) is 5.75 Å². The summed E-state index contributed by atoms with van der Waals surface area (Å²) in [6, 6.07) is 3.89. The lowest BCUT2D eigenvalue weighted by atomic mass is 9.95. The molecule has 2 amide bonds. The van der Waals surface area contributed by atoms with Gasteiger partial charge in [-0.1, -0.05) is 6.92 Å². The zero-order valence-electron chi connectivity index (χ0n) is 14.8. The molecule has 2 aliphatic rings. The highest BCUT2D eigenvalue weighted by Gasteiger charge is 2.36. The summed E-state index contributed by atoms with van der Waals surface area (Å²) in [5, 5.41) is 12.6. The lowest BCUT2D eigenvalue weighted by Crippen LogP contribution is -2.42. The van der Waals surface area contributed by atoms with E-state index in [1.165, 1.54) is 25.1 Å². The van der Waals surface area contributed by atoms with Crippen LogP contribution in [0.2, 0.25) is 0 Å². The van der Waals surface area contributed by atoms with Crippen molar-refractivity contribution >= 4 is 27.3 Å². The fourth-order valence-corrected chi connectivity index (χ4v) is 4.07. The summed E-state index contributed by atoms with van der Waals surface area (Å²) in [5.74, 6) is -0.373. The van der Waals surface area contributed by atoms with E-state index in [0.29, 0.717) is 25.9 Å². The highest BCUT2D eigenvalue weighted by Crippen LogP contribution is 2.33. The fraction of sp³-hybridized carbons (Fsp3) is 0.556. The number of likely N-dealkylation sites (tertiary alicyclic amines) is 1. The van der Waals surface area contributed by atoms with E-state index in [2.05, 4.69) is 5.32 Å². The Morgan fingerprint density at radius 1 is 1.15 bits per heavy atom. The normalized spacial score (nSPS) is 18.6. The highest BCUT2D eigenvalue weighted by atomic mass is 32.2. The predicted octanol–water partition coefficient (Wildman–Crippen LogP) is 1.77. The summed E-state index contributed by atoms with van der Waals surface area (Å²) in [7, 11) is -3.42. The second kappa shape index (κ2) is 7.26. The Kier molecular flexibility index (Phi) is 5.22. The van der Waals surface area contributed by atoms with Crippen molar-refractivity contribution in [3.63, 3.8) is 0 Å². The van der Waals surface area contributed by atoms with Crippen molar-refractivity contribution in [2.75, 3.05) is 24.2 Å². The molecule has 0 spiro atoms. The van der Waals surface area contributed by atoms with E-state index < -0.39 is 9.84 Å². The smallest absolute Gasteiger partial charge is 0.227 e. The van der Waals surface area contributed by atoms with Gasteiger partial charge >= 0.3 is 0 Å². The molecule has 142 valence electrons. The molecular formula is C18H24N2O5S. The SMILES string of the molecule is CCS(=O)(=O)c1ccc(O)c(NC(=O)C2CCN(C(=O)C3CC3)CC2)c1. The standard InChI is InChI=1S/C18H24N2O5S/c1-2-26(24,25)14-5-6-16(21)15(11-14)19-17(22)12-7-9-20(10-8-12)18(23)13-3-4-13/h5-6,11-13,21H,2-4,7-10H2,1H3,(H,19,22). The zero-order chi connectivity index (χ0) is 18.9. The average Bonchev–Trinajstić information content (AvgIpc) is 3.48. The quantitative estimate of drug-likeness (QED) is 0.758. The minimum atomic E-state index is -3.42. The predicted molar refractivity (Wildman–Crippen MR) is 96.5 cm³/mol. The summed E-state index contributed by atoms with van der Waals surface area (Å²) in [4.78, 5) is 26.5. The van der Waals surface area contributed by atoms with Crippen molar-refractivity contribution in [1.82, 2.24) is 4.90 Å². The van der Waals surface area contributed by atoms with Gasteiger partial charge in [0.2, 0.25) is 11.8 Å². The van der Waals surface area contributed by atoms with Crippen LogP contribution in [0.3, 0.4) is 0 Å². The molecule has 26 heavy (non-hydrogen) atoms. The number of amides is 2. The molecule has 8 heteroatoms. The molecule has 1 heterocycles. The maximum absolute atomic E-state index is 12.5. The van der Waals surface area contributed by atoms with Crippen LogP contribution in [0.25, 0.3) is 0 Å². The first-order chi connectivity index (χ1) is 12.3. The van der Waals surface area contributed by atoms with E-state index >= 15 is 0 Å². The van der Waals surface area contributed by atoms with Crippen molar-refractivity contribution in [3.05, 3.63) is 18.2 Å². The molecule has 1 saturated heterocycles. The number of nitrogens with one attached hydrogen (secondary N) is 1. The van der Waals surface area contributed by atoms with Crippen LogP contribution in [0.5, 0.6) is 5.75 Å². The molecular weight excluding hydrogens is 356 g/mol. The largest absolute Gasteiger partial charge is 0.506 e. The number of carbonyl (C=O) groups excluding carboxylic acids is 2. The van der Waals surface area contributed by atoms with Crippen molar-refractivity contribution < 1.29 is 23.1 Å². The first kappa shape index (κ1) is 18.7. The Morgan fingerprint density at radius 2 is 1.81 bits per heavy atom. The van der Waals surface area contributed by atoms with E-state index in [1.807, 2.05) is 4.90 Å². The minimum absolute atomic E-state index is 0.0569. The van der Waals surface area contributed by atoms with Crippen molar-refractivity contribution in [1.29, 1.82) is 0 Å². The van der Waals surface area contributed by atoms with Gasteiger partial charge in [0, 0.05) is 24.9 Å². The van der Waals surface area contributed by atoms with Crippen LogP contribution >= 0.6 is 0 Å². The Labute approximate surface area is 153 Å². The molecule has 7 nitrogen and oxygen atoms in total. The molecule has 1 aromatic rings. The molecule has 0 bridgehead atoms. The van der Waals surface area contributed by atoms with Crippen LogP contribution in [0.4, 0.5) is 5.69 Å². The number of nitrogens with zero attached hydrogens (tertiary/aromatic N) is 1. The van der Waals surface area contributed by atoms with E-state index in [1.54, 1.807) is 0 Å². The third kappa shape index (κ3) is 4.00. The molecule has 3 rings (SSSR count). The Bertz CT molecular complexity index is 809. The number of piperidine rings is 1. The number of aromatic hydroxyl groups is 1. The molecule has 2 N–H and O–H groups in total. The third-order valence-electron chi connectivity index (χ3n) is 5.07. The van der Waals surface area contributed by atoms with Gasteiger partial charge in [-0.25, -0.2) is 8.42 Å². The Hall–Kier alpha value is -2.09. The Balaban J connectivity index is 1.63. The second-order valence-electron chi connectivity index (χ2n) is 6.95. The van der Waals surface area contributed by atoms with Gasteiger partial charge in [0.05, 0.1) is 16.3 Å². The van der Waals surface area contributed by atoms with Crippen LogP contribution in [-0.4, -0.2) is 49.1 Å². The molecule has 1 aliphatic heterocycles. The Morgan fingerprint density at radius 3 is 2.38 bits per heavy atom. The topological polar surface area (TPSA) is 104 Å². The van der Waals surface area contributed by atoms with Gasteiger partial charge in [-0.3, -0.25) is 9.59 Å². The van der Waals surface area contributed by atoms with Crippen LogP contribution in [0, 0.1) is 11.8 Å². The number of phenols is 1. The number of benzene rings is 1. The minimum Gasteiger partial charge on any atom is -0.506 e. The lowest BCUT2D eigenvalue weighted by molar-refractivity contribution is -0.135. The molecule has 1 aromatic carbocycles. The number of rotatable bonds is 5. The van der Waals surface area contributed by atoms with Crippen molar-refractivity contribution in [2.24, 2.45) is 11.8 Å². The van der Waals surface area contributed by atoms with Crippen molar-refractivity contribution in [2.45, 2.75) is 37.5 Å². The number of phenolic OH excluding ortho intramolecular Hbond substituents is 1. The second-order valence-corrected chi connectivity index (χ2v) is 9.22. The van der Waals surface area contributed by atoms with Crippen LogP contribution in [0.1, 0.15) is 32.6 Å². The van der Waals surface area contributed by atoms with E-state index in [4.69, 9.17) is 0 Å². The van der Waals surface area contributed by atoms with E-state index in [-0.39, 0.29) is 45.7 Å². The third-order valence-corrected chi connectivity index (χ3v) is 6.80. The first-order valence-corrected chi connectivity index (χ1v) is 10.6. The van der Waals surface area contributed by atoms with Gasteiger partial charge in [0.25, 0.3) is 0 Å². The number of hydrogen-bond donors (Lipinski definition) is 2. The summed E-state index contributed by atoms with van der Waals surface area (Å²) in [6.07, 6.45) is 3.07. The molecule has 2 fully saturated rings. The van der Waals surface area contributed by atoms with Crippen LogP contribution in [-0.2, 0) is 19.4 Å². The van der Waals surface area contributed by atoms with Crippen LogP contribution in [0.15, 0.2) is 23.1 Å². The lowest BCUT2D eigenvalue weighted by Gasteiger charge is -2.31. The highest BCUT2D eigenvalue weighted by molar-refractivity contribution is 7.91. The maximum Gasteiger partial charge on any atom is 0.227 e. The number of carbonyl (C=O) groups is 2. The average molecular weight is 380 g/mol. The van der Waals surface area contributed by atoms with Crippen molar-refractivity contribution in [3.8, 4) is 5.75 Å². The zero-order valence-corrected chi connectivity index (χ0v) is 15.6. The molecule has 0 unspecified atom stereocenters. The van der Waals surface area contributed by atoms with E-state index in [0.717, 1.165) is 12.8 Å². The molecule has 1 aliphatic carbocycles. The number of hydrogen-bond acceptors (Lipinski definition) is 5. The van der Waals surface area contributed by atoms with Crippen LogP contribution < -0.4 is 5.32 Å². The monoisotopic (exact) mass is 380 g/mol. The summed E-state index contributed by atoms with van der Waals surface area (Å²) in [5.41, 5.74) is 0.0982. The first-order valence-electron chi connectivity index (χ1n) is 8.97. The number of sulfone groups is 1. The molecule has 0 atom stereocenters. The van der Waals surface area contributed by atoms with Gasteiger partial charge in [-0.05, 0) is 43.9 Å². The van der Waals surface area contributed by atoms with E-state index in [9.17, 15) is 23.1 Å². The summed E-state index contributed by atoms with van der Waals surface area (Å²) < 4.78 is 24.0. The van der Waals surface area contributed by atoms with Gasteiger partial charge in [-0.15, -0.1) is 0 Å². The molecule has 0 radical (unpaired) electrons. The summed E-state index contributed by atoms with van der Waals surface area (Å²) >= 11 is 0. The summed E-state index contributed by atoms with van der Waals surface area (Å²) in [6.45, 7) is 2.66. The molecule has 0 aromatic heterocycles. The number of anilines is 1.